The zero-order valence-corrected chi connectivity index (χ0v) is 22.4. The van der Waals surface area contributed by atoms with Crippen molar-refractivity contribution < 1.29 is 14.4 Å². The Hall–Kier alpha value is -4.48. The first-order chi connectivity index (χ1) is 19.4. The van der Waals surface area contributed by atoms with Gasteiger partial charge in [-0.25, -0.2) is 0 Å². The molecule has 4 aromatic carbocycles. The van der Waals surface area contributed by atoms with E-state index >= 15 is 0 Å². The molecule has 0 aliphatic carbocycles. The lowest BCUT2D eigenvalue weighted by Gasteiger charge is -2.38. The zero-order valence-electron chi connectivity index (χ0n) is 21.7. The van der Waals surface area contributed by atoms with E-state index in [0.717, 1.165) is 22.3 Å². The summed E-state index contributed by atoms with van der Waals surface area (Å²) in [5.74, 6) is -1.74. The number of para-hydroxylation sites is 1. The van der Waals surface area contributed by atoms with Gasteiger partial charge in [-0.3, -0.25) is 14.4 Å². The highest BCUT2D eigenvalue weighted by Crippen LogP contribution is 2.62. The van der Waals surface area contributed by atoms with E-state index in [1.54, 1.807) is 36.4 Å². The van der Waals surface area contributed by atoms with Gasteiger partial charge in [-0.05, 0) is 60.0 Å². The summed E-state index contributed by atoms with van der Waals surface area (Å²) in [7, 11) is 0. The van der Waals surface area contributed by atoms with Gasteiger partial charge in [0.05, 0.1) is 12.0 Å². The van der Waals surface area contributed by atoms with Gasteiger partial charge in [0, 0.05) is 28.0 Å². The van der Waals surface area contributed by atoms with Crippen LogP contribution in [0.1, 0.15) is 49.0 Å². The number of anilines is 1. The van der Waals surface area contributed by atoms with Crippen molar-refractivity contribution >= 4 is 40.8 Å². The molecule has 1 saturated heterocycles. The minimum absolute atomic E-state index is 0.231. The lowest BCUT2D eigenvalue weighted by Crippen LogP contribution is -2.49. The normalized spacial score (nSPS) is 23.9. The average Bonchev–Trinajstić information content (AvgIpc) is 3.45. The standard InChI is InChI=1S/C34H25ClN2O3/c1-20-10-12-22(13-11-20)30(38)28-29(31(39)23-14-16-24(35)17-15-23)37-19-18-21-6-2-3-7-25(21)32(37)34(28)26-8-4-5-9-27(26)36-33(34)40/h2-19,28-29,32H,1H3,(H,36,40)/t28-,29-,32?,34-/m0/s1. The Morgan fingerprint density at radius 3 is 2.25 bits per heavy atom. The van der Waals surface area contributed by atoms with Gasteiger partial charge in [0.2, 0.25) is 5.91 Å². The summed E-state index contributed by atoms with van der Waals surface area (Å²) in [6.45, 7) is 1.96. The highest BCUT2D eigenvalue weighted by atomic mass is 35.5. The van der Waals surface area contributed by atoms with E-state index in [2.05, 4.69) is 5.32 Å². The third-order valence-corrected chi connectivity index (χ3v) is 8.84. The van der Waals surface area contributed by atoms with E-state index < -0.39 is 23.4 Å². The van der Waals surface area contributed by atoms with Gasteiger partial charge in [0.1, 0.15) is 11.5 Å². The zero-order chi connectivity index (χ0) is 27.6. The molecule has 5 nitrogen and oxygen atoms in total. The third-order valence-electron chi connectivity index (χ3n) is 8.59. The predicted molar refractivity (Wildman–Crippen MR) is 155 cm³/mol. The van der Waals surface area contributed by atoms with Crippen molar-refractivity contribution in [2.75, 3.05) is 5.32 Å². The fraction of sp³-hybridized carbons (Fsp3) is 0.147. The molecule has 1 unspecified atom stereocenters. The number of nitrogens with zero attached hydrogens (tertiary/aromatic N) is 1. The quantitative estimate of drug-likeness (QED) is 0.293. The molecule has 0 saturated carbocycles. The van der Waals surface area contributed by atoms with Crippen molar-refractivity contribution in [3.8, 4) is 0 Å². The van der Waals surface area contributed by atoms with Crippen LogP contribution in [0.2, 0.25) is 5.02 Å². The van der Waals surface area contributed by atoms with Gasteiger partial charge in [-0.2, -0.15) is 0 Å². The van der Waals surface area contributed by atoms with Crippen molar-refractivity contribution in [2.24, 2.45) is 5.92 Å². The fourth-order valence-electron chi connectivity index (χ4n) is 6.85. The van der Waals surface area contributed by atoms with Crippen molar-refractivity contribution in [1.29, 1.82) is 0 Å². The first-order valence-electron chi connectivity index (χ1n) is 13.3. The van der Waals surface area contributed by atoms with Crippen LogP contribution in [0, 0.1) is 12.8 Å². The number of nitrogens with one attached hydrogen (secondary N) is 1. The Labute approximate surface area is 237 Å². The smallest absolute Gasteiger partial charge is 0.238 e. The maximum absolute atomic E-state index is 14.7. The van der Waals surface area contributed by atoms with Crippen molar-refractivity contribution in [3.05, 3.63) is 142 Å². The SMILES string of the molecule is Cc1ccc(C(=O)[C@@H]2[C@@H](C(=O)c3ccc(Cl)cc3)N3C=Cc4ccccc4C3[C@@]23C(=O)Nc2ccccc23)cc1. The number of carbonyl (C=O) groups excluding carboxylic acids is 3. The first-order valence-corrected chi connectivity index (χ1v) is 13.7. The van der Waals surface area contributed by atoms with Crippen molar-refractivity contribution in [3.63, 3.8) is 0 Å². The van der Waals surface area contributed by atoms with E-state index in [1.165, 1.54) is 0 Å². The summed E-state index contributed by atoms with van der Waals surface area (Å²) < 4.78 is 0. The molecule has 1 spiro atoms. The Balaban J connectivity index is 1.53. The van der Waals surface area contributed by atoms with Gasteiger partial charge >= 0.3 is 0 Å². The summed E-state index contributed by atoms with van der Waals surface area (Å²) in [6, 6.07) is 28.0. The van der Waals surface area contributed by atoms with Crippen LogP contribution in [0.3, 0.4) is 0 Å². The van der Waals surface area contributed by atoms with E-state index in [4.69, 9.17) is 11.6 Å². The number of aryl methyl sites for hydroxylation is 1. The highest BCUT2D eigenvalue weighted by molar-refractivity contribution is 6.30. The largest absolute Gasteiger partial charge is 0.358 e. The van der Waals surface area contributed by atoms with Gasteiger partial charge in [0.15, 0.2) is 11.6 Å². The highest BCUT2D eigenvalue weighted by Gasteiger charge is 2.70. The van der Waals surface area contributed by atoms with Crippen LogP contribution in [0.4, 0.5) is 5.69 Å². The lowest BCUT2D eigenvalue weighted by molar-refractivity contribution is -0.122. The number of carbonyl (C=O) groups is 3. The fourth-order valence-corrected chi connectivity index (χ4v) is 6.98. The molecule has 1 N–H and O–H groups in total. The second-order valence-corrected chi connectivity index (χ2v) is 11.1. The summed E-state index contributed by atoms with van der Waals surface area (Å²) in [6.07, 6.45) is 3.84. The Kier molecular flexibility index (Phi) is 5.55. The topological polar surface area (TPSA) is 66.5 Å². The molecule has 0 aromatic heterocycles. The van der Waals surface area contributed by atoms with E-state index in [-0.39, 0.29) is 17.5 Å². The molecule has 6 heteroatoms. The van der Waals surface area contributed by atoms with Gasteiger partial charge in [-0.15, -0.1) is 0 Å². The number of benzene rings is 4. The molecule has 4 atom stereocenters. The average molecular weight is 545 g/mol. The summed E-state index contributed by atoms with van der Waals surface area (Å²) in [4.78, 5) is 45.6. The number of Topliss-reactive ketones (excluding diaryl/α,β-unsaturated/α-hetero) is 2. The molecular weight excluding hydrogens is 520 g/mol. The van der Waals surface area contributed by atoms with Crippen LogP contribution in [0.5, 0.6) is 0 Å². The van der Waals surface area contributed by atoms with Crippen molar-refractivity contribution in [1.82, 2.24) is 4.90 Å². The number of hydrogen-bond acceptors (Lipinski definition) is 4. The first kappa shape index (κ1) is 24.6. The van der Waals surface area contributed by atoms with Gasteiger partial charge in [-0.1, -0.05) is 83.9 Å². The number of halogens is 1. The molecule has 4 aromatic rings. The third kappa shape index (κ3) is 3.37. The molecule has 1 amide bonds. The molecule has 1 fully saturated rings. The number of ketones is 2. The molecule has 3 aliphatic heterocycles. The number of hydrogen-bond donors (Lipinski definition) is 1. The van der Waals surface area contributed by atoms with E-state index in [9.17, 15) is 14.4 Å². The van der Waals surface area contributed by atoms with Crippen LogP contribution in [-0.2, 0) is 10.2 Å². The van der Waals surface area contributed by atoms with Crippen LogP contribution >= 0.6 is 11.6 Å². The Bertz CT molecular complexity index is 1730. The van der Waals surface area contributed by atoms with Crippen molar-refractivity contribution in [2.45, 2.75) is 24.4 Å². The van der Waals surface area contributed by atoms with Crippen LogP contribution in [0.15, 0.2) is 103 Å². The molecule has 0 radical (unpaired) electrons. The summed E-state index contributed by atoms with van der Waals surface area (Å²) in [5, 5.41) is 3.59. The Morgan fingerprint density at radius 1 is 0.825 bits per heavy atom. The number of fused-ring (bicyclic) bond motifs is 6. The molecule has 196 valence electrons. The predicted octanol–water partition coefficient (Wildman–Crippen LogP) is 6.63. The summed E-state index contributed by atoms with van der Waals surface area (Å²) >= 11 is 6.15. The van der Waals surface area contributed by atoms with E-state index in [0.29, 0.717) is 21.8 Å². The molecule has 7 rings (SSSR count). The van der Waals surface area contributed by atoms with Crippen LogP contribution in [0.25, 0.3) is 6.08 Å². The number of rotatable bonds is 4. The molecule has 3 heterocycles. The monoisotopic (exact) mass is 544 g/mol. The van der Waals surface area contributed by atoms with Gasteiger partial charge < -0.3 is 10.2 Å². The van der Waals surface area contributed by atoms with Crippen LogP contribution in [-0.4, -0.2) is 28.4 Å². The number of amides is 1. The molecular formula is C34H25ClN2O3. The van der Waals surface area contributed by atoms with Crippen LogP contribution < -0.4 is 5.32 Å². The van der Waals surface area contributed by atoms with E-state index in [1.807, 2.05) is 84.8 Å². The molecule has 3 aliphatic rings. The van der Waals surface area contributed by atoms with Gasteiger partial charge in [0.25, 0.3) is 0 Å². The minimum atomic E-state index is -1.34. The summed E-state index contributed by atoms with van der Waals surface area (Å²) in [5.41, 5.74) is 3.85. The Morgan fingerprint density at radius 2 is 1.48 bits per heavy atom. The maximum atomic E-state index is 14.7. The minimum Gasteiger partial charge on any atom is -0.358 e. The maximum Gasteiger partial charge on any atom is 0.238 e. The molecule has 0 bridgehead atoms. The molecule has 40 heavy (non-hydrogen) atoms. The second-order valence-electron chi connectivity index (χ2n) is 10.7. The lowest BCUT2D eigenvalue weighted by atomic mass is 9.62. The second kappa shape index (κ2) is 9.04.